The average Bonchev–Trinajstić information content (AvgIpc) is 2.63. The maximum atomic E-state index is 6.03. The summed E-state index contributed by atoms with van der Waals surface area (Å²) in [6, 6.07) is 5.52. The van der Waals surface area contributed by atoms with E-state index in [1.165, 1.54) is 0 Å². The van der Waals surface area contributed by atoms with Crippen molar-refractivity contribution in [1.29, 1.82) is 0 Å². The van der Waals surface area contributed by atoms with Crippen LogP contribution in [0.2, 0.25) is 5.02 Å². The molecule has 1 heterocycles. The van der Waals surface area contributed by atoms with E-state index in [4.69, 9.17) is 17.3 Å². The van der Waals surface area contributed by atoms with E-state index in [1.807, 2.05) is 18.2 Å². The van der Waals surface area contributed by atoms with Crippen LogP contribution in [0.15, 0.2) is 22.7 Å². The first kappa shape index (κ1) is 13.4. The van der Waals surface area contributed by atoms with Crippen molar-refractivity contribution in [2.24, 2.45) is 0 Å². The molecule has 0 bridgehead atoms. The Labute approximate surface area is 119 Å². The Hall–Kier alpha value is -1.07. The molecule has 0 atom stereocenters. The number of rotatable bonds is 1. The molecule has 0 saturated carbocycles. The highest BCUT2D eigenvalue weighted by molar-refractivity contribution is 9.10. The minimum atomic E-state index is -0.157. The van der Waals surface area contributed by atoms with Gasteiger partial charge in [-0.3, -0.25) is 0 Å². The van der Waals surface area contributed by atoms with E-state index in [-0.39, 0.29) is 5.41 Å². The SMILES string of the molecule is CC(C)(C)c1c(N)nnn1-c1cc(Cl)ccc1Br. The molecule has 2 aromatic rings. The number of halogens is 2. The summed E-state index contributed by atoms with van der Waals surface area (Å²) in [5.74, 6) is 0.439. The summed E-state index contributed by atoms with van der Waals surface area (Å²) < 4.78 is 2.62. The van der Waals surface area contributed by atoms with Crippen LogP contribution in [0.25, 0.3) is 5.69 Å². The smallest absolute Gasteiger partial charge is 0.170 e. The van der Waals surface area contributed by atoms with Gasteiger partial charge in [0.1, 0.15) is 0 Å². The third kappa shape index (κ3) is 2.37. The predicted octanol–water partition coefficient (Wildman–Crippen LogP) is 3.56. The van der Waals surface area contributed by atoms with Gasteiger partial charge in [-0.15, -0.1) is 5.10 Å². The number of anilines is 1. The molecule has 18 heavy (non-hydrogen) atoms. The minimum absolute atomic E-state index is 0.157. The quantitative estimate of drug-likeness (QED) is 0.870. The molecule has 4 nitrogen and oxygen atoms in total. The van der Waals surface area contributed by atoms with Gasteiger partial charge in [-0.2, -0.15) is 0 Å². The first-order valence-corrected chi connectivity index (χ1v) is 6.65. The van der Waals surface area contributed by atoms with Gasteiger partial charge in [-0.1, -0.05) is 37.6 Å². The van der Waals surface area contributed by atoms with Crippen LogP contribution in [0.5, 0.6) is 0 Å². The number of nitrogens with zero attached hydrogens (tertiary/aromatic N) is 3. The Morgan fingerprint density at radius 2 is 2.00 bits per heavy atom. The molecule has 1 aromatic heterocycles. The highest BCUT2D eigenvalue weighted by atomic mass is 79.9. The molecule has 2 N–H and O–H groups in total. The van der Waals surface area contributed by atoms with E-state index >= 15 is 0 Å². The van der Waals surface area contributed by atoms with E-state index in [0.29, 0.717) is 10.8 Å². The molecular weight excluding hydrogens is 316 g/mol. The fraction of sp³-hybridized carbons (Fsp3) is 0.333. The number of nitrogen functional groups attached to an aromatic ring is 1. The molecule has 0 aliphatic carbocycles. The topological polar surface area (TPSA) is 56.7 Å². The number of hydrogen-bond acceptors (Lipinski definition) is 3. The van der Waals surface area contributed by atoms with Gasteiger partial charge in [0, 0.05) is 14.9 Å². The summed E-state index contributed by atoms with van der Waals surface area (Å²) >= 11 is 9.52. The molecular formula is C12H14BrClN4. The lowest BCUT2D eigenvalue weighted by Crippen LogP contribution is -2.19. The van der Waals surface area contributed by atoms with Crippen LogP contribution in [-0.4, -0.2) is 15.0 Å². The Kier molecular flexibility index (Phi) is 3.38. The van der Waals surface area contributed by atoms with E-state index < -0.39 is 0 Å². The molecule has 96 valence electrons. The summed E-state index contributed by atoms with van der Waals surface area (Å²) in [6.07, 6.45) is 0. The summed E-state index contributed by atoms with van der Waals surface area (Å²) in [5.41, 5.74) is 7.45. The lowest BCUT2D eigenvalue weighted by molar-refractivity contribution is 0.544. The van der Waals surface area contributed by atoms with Gasteiger partial charge in [0.15, 0.2) is 5.82 Å². The number of benzene rings is 1. The van der Waals surface area contributed by atoms with Crippen molar-refractivity contribution in [1.82, 2.24) is 15.0 Å². The standard InChI is InChI=1S/C12H14BrClN4/c1-12(2,3)10-11(15)16-17-18(10)9-6-7(14)4-5-8(9)13/h4-6H,15H2,1-3H3. The summed E-state index contributed by atoms with van der Waals surface area (Å²) in [7, 11) is 0. The van der Waals surface area contributed by atoms with Gasteiger partial charge in [-0.05, 0) is 34.1 Å². The molecule has 0 aliphatic rings. The van der Waals surface area contributed by atoms with Crippen molar-refractivity contribution in [3.63, 3.8) is 0 Å². The monoisotopic (exact) mass is 328 g/mol. The van der Waals surface area contributed by atoms with Crippen molar-refractivity contribution in [3.05, 3.63) is 33.4 Å². The Bertz CT molecular complexity index is 586. The molecule has 0 spiro atoms. The summed E-state index contributed by atoms with van der Waals surface area (Å²) in [4.78, 5) is 0. The van der Waals surface area contributed by atoms with Gasteiger partial charge < -0.3 is 5.73 Å². The third-order valence-electron chi connectivity index (χ3n) is 2.54. The highest BCUT2D eigenvalue weighted by Crippen LogP contribution is 2.32. The predicted molar refractivity (Wildman–Crippen MR) is 77.2 cm³/mol. The van der Waals surface area contributed by atoms with E-state index in [9.17, 15) is 0 Å². The second-order valence-corrected chi connectivity index (χ2v) is 6.37. The molecule has 0 aliphatic heterocycles. The Balaban J connectivity index is 2.69. The van der Waals surface area contributed by atoms with Gasteiger partial charge in [0.2, 0.25) is 0 Å². The summed E-state index contributed by atoms with van der Waals surface area (Å²) in [6.45, 7) is 6.20. The van der Waals surface area contributed by atoms with Gasteiger partial charge in [-0.25, -0.2) is 4.68 Å². The Morgan fingerprint density at radius 3 is 2.61 bits per heavy atom. The maximum absolute atomic E-state index is 6.03. The zero-order valence-corrected chi connectivity index (χ0v) is 12.7. The molecule has 6 heteroatoms. The fourth-order valence-corrected chi connectivity index (χ4v) is 2.39. The van der Waals surface area contributed by atoms with Crippen LogP contribution < -0.4 is 5.73 Å². The minimum Gasteiger partial charge on any atom is -0.381 e. The van der Waals surface area contributed by atoms with Crippen LogP contribution in [-0.2, 0) is 5.41 Å². The second-order valence-electron chi connectivity index (χ2n) is 5.08. The molecule has 0 saturated heterocycles. The zero-order valence-electron chi connectivity index (χ0n) is 10.4. The first-order chi connectivity index (χ1) is 8.30. The van der Waals surface area contributed by atoms with Crippen molar-refractivity contribution >= 4 is 33.3 Å². The Morgan fingerprint density at radius 1 is 1.33 bits per heavy atom. The van der Waals surface area contributed by atoms with Crippen LogP contribution in [0.1, 0.15) is 26.5 Å². The molecule has 0 fully saturated rings. The molecule has 0 radical (unpaired) electrons. The fourth-order valence-electron chi connectivity index (χ4n) is 1.81. The van der Waals surface area contributed by atoms with Crippen molar-refractivity contribution in [2.75, 3.05) is 5.73 Å². The molecule has 2 rings (SSSR count). The zero-order chi connectivity index (χ0) is 13.5. The van der Waals surface area contributed by atoms with E-state index in [1.54, 1.807) is 4.68 Å². The second kappa shape index (κ2) is 4.55. The van der Waals surface area contributed by atoms with E-state index in [2.05, 4.69) is 47.0 Å². The summed E-state index contributed by atoms with van der Waals surface area (Å²) in [5, 5.41) is 8.71. The van der Waals surface area contributed by atoms with Crippen LogP contribution in [0, 0.1) is 0 Å². The lowest BCUT2D eigenvalue weighted by atomic mass is 9.91. The van der Waals surface area contributed by atoms with Crippen LogP contribution in [0.4, 0.5) is 5.82 Å². The lowest BCUT2D eigenvalue weighted by Gasteiger charge is -2.20. The van der Waals surface area contributed by atoms with Crippen molar-refractivity contribution in [3.8, 4) is 5.69 Å². The number of hydrogen-bond donors (Lipinski definition) is 1. The van der Waals surface area contributed by atoms with E-state index in [0.717, 1.165) is 15.9 Å². The molecule has 0 unspecified atom stereocenters. The van der Waals surface area contributed by atoms with Gasteiger partial charge >= 0.3 is 0 Å². The van der Waals surface area contributed by atoms with Crippen molar-refractivity contribution in [2.45, 2.75) is 26.2 Å². The van der Waals surface area contributed by atoms with Crippen LogP contribution >= 0.6 is 27.5 Å². The van der Waals surface area contributed by atoms with Gasteiger partial charge in [0.25, 0.3) is 0 Å². The highest BCUT2D eigenvalue weighted by Gasteiger charge is 2.25. The number of nitrogens with two attached hydrogens (primary N) is 1. The normalized spacial score (nSPS) is 11.8. The maximum Gasteiger partial charge on any atom is 0.170 e. The molecule has 0 amide bonds. The van der Waals surface area contributed by atoms with Crippen LogP contribution in [0.3, 0.4) is 0 Å². The molecule has 1 aromatic carbocycles. The largest absolute Gasteiger partial charge is 0.381 e. The van der Waals surface area contributed by atoms with Gasteiger partial charge in [0.05, 0.1) is 11.4 Å². The average molecular weight is 330 g/mol. The number of aromatic nitrogens is 3. The van der Waals surface area contributed by atoms with Crippen molar-refractivity contribution < 1.29 is 0 Å². The third-order valence-corrected chi connectivity index (χ3v) is 3.45. The first-order valence-electron chi connectivity index (χ1n) is 5.48.